The fourth-order valence-electron chi connectivity index (χ4n) is 1.21. The summed E-state index contributed by atoms with van der Waals surface area (Å²) < 4.78 is 10.5. The number of ether oxygens (including phenoxy) is 2. The Morgan fingerprint density at radius 2 is 1.69 bits per heavy atom. The highest BCUT2D eigenvalue weighted by Gasteiger charge is 2.07. The second kappa shape index (κ2) is 10.7. The monoisotopic (exact) mass is 233 g/mol. The van der Waals surface area contributed by atoms with E-state index in [-0.39, 0.29) is 5.84 Å². The number of rotatable bonds is 10. The third-order valence-corrected chi connectivity index (χ3v) is 2.03. The summed E-state index contributed by atoms with van der Waals surface area (Å²) in [7, 11) is 0. The van der Waals surface area contributed by atoms with Crippen LogP contribution in [0, 0.1) is 0 Å². The summed E-state index contributed by atoms with van der Waals surface area (Å²) >= 11 is 0. The van der Waals surface area contributed by atoms with Crippen LogP contribution >= 0.6 is 0 Å². The molecule has 3 N–H and O–H groups in total. The largest absolute Gasteiger partial charge is 0.409 e. The van der Waals surface area contributed by atoms with Gasteiger partial charge < -0.3 is 20.4 Å². The minimum Gasteiger partial charge on any atom is -0.409 e. The first-order valence-corrected chi connectivity index (χ1v) is 5.58. The zero-order chi connectivity index (χ0) is 12.2. The molecule has 0 aromatic rings. The second-order valence-electron chi connectivity index (χ2n) is 3.26. The third-order valence-electron chi connectivity index (χ3n) is 2.03. The highest BCUT2D eigenvalue weighted by atomic mass is 16.5. The highest BCUT2D eigenvalue weighted by molar-refractivity contribution is 5.81. The summed E-state index contributed by atoms with van der Waals surface area (Å²) in [4.78, 5) is 2.03. The quantitative estimate of drug-likeness (QED) is 0.184. The first-order chi connectivity index (χ1) is 7.74. The molecule has 16 heavy (non-hydrogen) atoms. The lowest BCUT2D eigenvalue weighted by Crippen LogP contribution is -2.38. The molecule has 0 bridgehead atoms. The number of nitrogens with two attached hydrogens (primary N) is 1. The van der Waals surface area contributed by atoms with Gasteiger partial charge in [-0.1, -0.05) is 5.16 Å². The van der Waals surface area contributed by atoms with Crippen molar-refractivity contribution in [3.05, 3.63) is 0 Å². The van der Waals surface area contributed by atoms with Gasteiger partial charge in [-0.3, -0.25) is 4.90 Å². The number of amidine groups is 1. The number of hydrogen-bond donors (Lipinski definition) is 2. The Morgan fingerprint density at radius 1 is 1.19 bits per heavy atom. The van der Waals surface area contributed by atoms with Gasteiger partial charge >= 0.3 is 0 Å². The molecule has 0 atom stereocenters. The van der Waals surface area contributed by atoms with Gasteiger partial charge in [0.1, 0.15) is 0 Å². The average molecular weight is 233 g/mol. The molecule has 0 saturated carbocycles. The van der Waals surface area contributed by atoms with Gasteiger partial charge in [0.2, 0.25) is 0 Å². The normalized spacial score (nSPS) is 12.3. The number of nitrogens with zero attached hydrogens (tertiary/aromatic N) is 2. The summed E-state index contributed by atoms with van der Waals surface area (Å²) in [5, 5.41) is 11.5. The lowest BCUT2D eigenvalue weighted by Gasteiger charge is -2.21. The summed E-state index contributed by atoms with van der Waals surface area (Å²) in [6, 6.07) is 0. The molecule has 6 nitrogen and oxygen atoms in total. The molecule has 0 spiro atoms. The van der Waals surface area contributed by atoms with Crippen LogP contribution in [0.4, 0.5) is 0 Å². The SMILES string of the molecule is CCOCCN(CCOCC)CC(N)=NO. The van der Waals surface area contributed by atoms with E-state index in [0.717, 1.165) is 13.1 Å². The van der Waals surface area contributed by atoms with Crippen molar-refractivity contribution in [3.63, 3.8) is 0 Å². The molecule has 0 aliphatic carbocycles. The van der Waals surface area contributed by atoms with Crippen LogP contribution in [0.1, 0.15) is 13.8 Å². The maximum atomic E-state index is 8.50. The molecule has 0 saturated heterocycles. The summed E-state index contributed by atoms with van der Waals surface area (Å²) in [6.07, 6.45) is 0. The standard InChI is InChI=1S/C10H23N3O3/c1-3-15-7-5-13(6-8-16-4-2)9-10(11)12-14/h14H,3-9H2,1-2H3,(H2,11,12). The first-order valence-electron chi connectivity index (χ1n) is 5.58. The summed E-state index contributed by atoms with van der Waals surface area (Å²) in [5.74, 6) is 0.202. The lowest BCUT2D eigenvalue weighted by molar-refractivity contribution is 0.0889. The fraction of sp³-hybridized carbons (Fsp3) is 0.900. The number of hydrogen-bond acceptors (Lipinski definition) is 5. The van der Waals surface area contributed by atoms with Crippen molar-refractivity contribution in [2.45, 2.75) is 13.8 Å². The molecule has 0 unspecified atom stereocenters. The average Bonchev–Trinajstić information content (AvgIpc) is 2.29. The predicted molar refractivity (Wildman–Crippen MR) is 62.8 cm³/mol. The van der Waals surface area contributed by atoms with Crippen molar-refractivity contribution in [2.24, 2.45) is 10.9 Å². The van der Waals surface area contributed by atoms with Gasteiger partial charge in [-0.05, 0) is 13.8 Å². The second-order valence-corrected chi connectivity index (χ2v) is 3.26. The summed E-state index contributed by atoms with van der Waals surface area (Å²) in [6.45, 7) is 8.50. The molecule has 0 fully saturated rings. The molecular formula is C10H23N3O3. The molecule has 0 aromatic heterocycles. The van der Waals surface area contributed by atoms with Gasteiger partial charge in [-0.2, -0.15) is 0 Å². The first kappa shape index (κ1) is 15.2. The van der Waals surface area contributed by atoms with E-state index in [0.29, 0.717) is 33.0 Å². The molecular weight excluding hydrogens is 210 g/mol. The molecule has 0 amide bonds. The molecule has 0 heterocycles. The van der Waals surface area contributed by atoms with E-state index >= 15 is 0 Å². The van der Waals surface area contributed by atoms with Crippen molar-refractivity contribution in [1.29, 1.82) is 0 Å². The molecule has 96 valence electrons. The van der Waals surface area contributed by atoms with Crippen LogP contribution in [-0.4, -0.2) is 62.0 Å². The minimum atomic E-state index is 0.202. The Hall–Kier alpha value is -0.850. The van der Waals surface area contributed by atoms with Crippen LogP contribution in [0.25, 0.3) is 0 Å². The third kappa shape index (κ3) is 8.46. The topological polar surface area (TPSA) is 80.3 Å². The molecule has 0 aromatic carbocycles. The van der Waals surface area contributed by atoms with Crippen molar-refractivity contribution >= 4 is 5.84 Å². The van der Waals surface area contributed by atoms with Crippen molar-refractivity contribution in [3.8, 4) is 0 Å². The van der Waals surface area contributed by atoms with Crippen LogP contribution in [0.5, 0.6) is 0 Å². The predicted octanol–water partition coefficient (Wildman–Crippen LogP) is 0.108. The van der Waals surface area contributed by atoms with Crippen molar-refractivity contribution in [2.75, 3.05) is 46.1 Å². The Bertz CT molecular complexity index is 178. The molecule has 0 radical (unpaired) electrons. The van der Waals surface area contributed by atoms with Gasteiger partial charge in [-0.25, -0.2) is 0 Å². The van der Waals surface area contributed by atoms with Crippen molar-refractivity contribution < 1.29 is 14.7 Å². The maximum Gasteiger partial charge on any atom is 0.153 e. The van der Waals surface area contributed by atoms with E-state index in [1.54, 1.807) is 0 Å². The van der Waals surface area contributed by atoms with Crippen LogP contribution in [-0.2, 0) is 9.47 Å². The van der Waals surface area contributed by atoms with Crippen LogP contribution in [0.15, 0.2) is 5.16 Å². The smallest absolute Gasteiger partial charge is 0.153 e. The fourth-order valence-corrected chi connectivity index (χ4v) is 1.21. The Kier molecular flexibility index (Phi) is 10.1. The molecule has 0 aliphatic heterocycles. The molecule has 0 aliphatic rings. The van der Waals surface area contributed by atoms with E-state index in [1.807, 2.05) is 18.7 Å². The summed E-state index contributed by atoms with van der Waals surface area (Å²) in [5.41, 5.74) is 5.46. The van der Waals surface area contributed by atoms with E-state index in [1.165, 1.54) is 0 Å². The Labute approximate surface area is 97.0 Å². The minimum absolute atomic E-state index is 0.202. The van der Waals surface area contributed by atoms with E-state index < -0.39 is 0 Å². The van der Waals surface area contributed by atoms with E-state index in [2.05, 4.69) is 5.16 Å². The van der Waals surface area contributed by atoms with Crippen LogP contribution in [0.3, 0.4) is 0 Å². The van der Waals surface area contributed by atoms with Gasteiger partial charge in [-0.15, -0.1) is 0 Å². The lowest BCUT2D eigenvalue weighted by atomic mass is 10.4. The number of oxime groups is 1. The molecule has 0 rings (SSSR count). The van der Waals surface area contributed by atoms with Gasteiger partial charge in [0.25, 0.3) is 0 Å². The maximum absolute atomic E-state index is 8.50. The zero-order valence-corrected chi connectivity index (χ0v) is 10.2. The van der Waals surface area contributed by atoms with Gasteiger partial charge in [0, 0.05) is 26.3 Å². The zero-order valence-electron chi connectivity index (χ0n) is 10.2. The van der Waals surface area contributed by atoms with Crippen LogP contribution in [0.2, 0.25) is 0 Å². The van der Waals surface area contributed by atoms with E-state index in [4.69, 9.17) is 20.4 Å². The van der Waals surface area contributed by atoms with Crippen LogP contribution < -0.4 is 5.73 Å². The van der Waals surface area contributed by atoms with E-state index in [9.17, 15) is 0 Å². The van der Waals surface area contributed by atoms with Gasteiger partial charge in [0.05, 0.1) is 19.8 Å². The Balaban J connectivity index is 3.85. The van der Waals surface area contributed by atoms with Gasteiger partial charge in [0.15, 0.2) is 5.84 Å². The molecule has 6 heteroatoms. The van der Waals surface area contributed by atoms with Crippen molar-refractivity contribution in [1.82, 2.24) is 4.90 Å². The highest BCUT2D eigenvalue weighted by Crippen LogP contribution is 1.90. The Morgan fingerprint density at radius 3 is 2.06 bits per heavy atom.